The number of hydrogen-bond acceptors (Lipinski definition) is 6. The van der Waals surface area contributed by atoms with E-state index in [0.29, 0.717) is 24.1 Å². The molecule has 0 aliphatic heterocycles. The van der Waals surface area contributed by atoms with Gasteiger partial charge in [0.2, 0.25) is 20.0 Å². The van der Waals surface area contributed by atoms with Crippen LogP contribution in [0.15, 0.2) is 24.7 Å². The summed E-state index contributed by atoms with van der Waals surface area (Å²) < 4.78 is 65.2. The first-order valence-electron chi connectivity index (χ1n) is 9.07. The Morgan fingerprint density at radius 3 is 2.55 bits per heavy atom. The highest BCUT2D eigenvalue weighted by Gasteiger charge is 2.34. The van der Waals surface area contributed by atoms with Gasteiger partial charge in [-0.2, -0.15) is 0 Å². The van der Waals surface area contributed by atoms with Crippen LogP contribution in [0.5, 0.6) is 0 Å². The molecule has 1 aromatic carbocycles. The van der Waals surface area contributed by atoms with Gasteiger partial charge in [0.15, 0.2) is 5.82 Å². The highest BCUT2D eigenvalue weighted by molar-refractivity contribution is 7.89. The third-order valence-corrected chi connectivity index (χ3v) is 7.02. The average molecular weight is 494 g/mol. The molecule has 0 bridgehead atoms. The van der Waals surface area contributed by atoms with Crippen molar-refractivity contribution in [3.05, 3.63) is 41.1 Å². The van der Waals surface area contributed by atoms with E-state index in [1.165, 1.54) is 18.5 Å². The summed E-state index contributed by atoms with van der Waals surface area (Å²) in [7, 11) is -5.54. The molecule has 0 atom stereocenters. The van der Waals surface area contributed by atoms with Gasteiger partial charge in [0.1, 0.15) is 0 Å². The number of hydrogen-bond donors (Lipinski definition) is 3. The number of amides is 1. The van der Waals surface area contributed by atoms with Crippen molar-refractivity contribution in [1.82, 2.24) is 24.5 Å². The largest absolute Gasteiger partial charge is 0.340 e. The number of rotatable bonds is 8. The van der Waals surface area contributed by atoms with Gasteiger partial charge in [0, 0.05) is 24.8 Å². The summed E-state index contributed by atoms with van der Waals surface area (Å²) in [6, 6.07) is 2.23. The van der Waals surface area contributed by atoms with Crippen molar-refractivity contribution in [3.8, 4) is 11.3 Å². The summed E-state index contributed by atoms with van der Waals surface area (Å²) in [5.74, 6) is -2.60. The van der Waals surface area contributed by atoms with E-state index in [2.05, 4.69) is 9.71 Å². The number of imidazole rings is 1. The molecule has 3 N–H and O–H groups in total. The van der Waals surface area contributed by atoms with Crippen molar-refractivity contribution < 1.29 is 26.0 Å². The summed E-state index contributed by atoms with van der Waals surface area (Å²) >= 11 is 5.89. The van der Waals surface area contributed by atoms with Crippen LogP contribution in [0.25, 0.3) is 11.3 Å². The molecule has 0 unspecified atom stereocenters. The van der Waals surface area contributed by atoms with Crippen molar-refractivity contribution in [2.45, 2.75) is 18.9 Å². The van der Waals surface area contributed by atoms with Gasteiger partial charge in [0.05, 0.1) is 34.6 Å². The zero-order chi connectivity index (χ0) is 23.0. The number of aryl methyl sites for hydroxylation is 1. The number of halogens is 2. The van der Waals surface area contributed by atoms with Crippen molar-refractivity contribution in [2.75, 3.05) is 12.0 Å². The summed E-state index contributed by atoms with van der Waals surface area (Å²) in [5, 5.41) is -0.310. The number of hydrazine groups is 1. The Morgan fingerprint density at radius 1 is 1.29 bits per heavy atom. The molecule has 2 aromatic rings. The number of aromatic nitrogens is 2. The van der Waals surface area contributed by atoms with Crippen molar-refractivity contribution in [2.24, 2.45) is 13.0 Å². The standard InChI is InChI=1S/C17H21ClFN5O5S2/c1-24-7-15(20-9-24)11-5-13(16(19)14(18)6-11)17(25)21-23-31(28,29)8-10-3-12(4-10)22-30(2,26)27/h5-7,9-10,12,22-23H,3-4,8H2,1-2H3,(H,21,25). The summed E-state index contributed by atoms with van der Waals surface area (Å²) in [4.78, 5) is 18.4. The van der Waals surface area contributed by atoms with Crippen LogP contribution in [0.2, 0.25) is 5.02 Å². The number of nitrogens with zero attached hydrogens (tertiary/aromatic N) is 2. The summed E-state index contributed by atoms with van der Waals surface area (Å²) in [5.41, 5.74) is 2.38. The second kappa shape index (κ2) is 8.82. The first-order valence-corrected chi connectivity index (χ1v) is 13.0. The maximum absolute atomic E-state index is 14.4. The van der Waals surface area contributed by atoms with Gasteiger partial charge >= 0.3 is 0 Å². The fourth-order valence-corrected chi connectivity index (χ4v) is 5.52. The van der Waals surface area contributed by atoms with Crippen molar-refractivity contribution in [1.29, 1.82) is 0 Å². The van der Waals surface area contributed by atoms with Gasteiger partial charge in [-0.1, -0.05) is 11.6 Å². The number of nitrogens with one attached hydrogen (secondary N) is 3. The van der Waals surface area contributed by atoms with Crippen LogP contribution in [0, 0.1) is 11.7 Å². The monoisotopic (exact) mass is 493 g/mol. The lowest BCUT2D eigenvalue weighted by Gasteiger charge is -2.34. The third-order valence-electron chi connectivity index (χ3n) is 4.67. The Hall–Kier alpha value is -2.06. The lowest BCUT2D eigenvalue weighted by molar-refractivity contribution is 0.0940. The van der Waals surface area contributed by atoms with E-state index in [0.717, 1.165) is 6.26 Å². The maximum atomic E-state index is 14.4. The quantitative estimate of drug-likeness (QED) is 0.464. The van der Waals surface area contributed by atoms with Crippen molar-refractivity contribution >= 4 is 37.6 Å². The minimum atomic E-state index is -3.92. The fraction of sp³-hybridized carbons (Fsp3) is 0.412. The lowest BCUT2D eigenvalue weighted by Crippen LogP contribution is -2.49. The number of sulfonamides is 2. The Kier molecular flexibility index (Phi) is 6.72. The van der Waals surface area contributed by atoms with E-state index >= 15 is 0 Å². The van der Waals surface area contributed by atoms with E-state index < -0.39 is 37.3 Å². The third kappa shape index (κ3) is 6.23. The zero-order valence-electron chi connectivity index (χ0n) is 16.6. The summed E-state index contributed by atoms with van der Waals surface area (Å²) in [6.07, 6.45) is 4.92. The van der Waals surface area contributed by atoms with Crippen LogP contribution in [-0.4, -0.2) is 50.3 Å². The molecule has 1 aliphatic carbocycles. The van der Waals surface area contributed by atoms with Gasteiger partial charge < -0.3 is 4.57 Å². The molecular weight excluding hydrogens is 473 g/mol. The number of benzene rings is 1. The van der Waals surface area contributed by atoms with Crippen LogP contribution in [0.3, 0.4) is 0 Å². The van der Waals surface area contributed by atoms with Gasteiger partial charge in [-0.3, -0.25) is 10.2 Å². The summed E-state index contributed by atoms with van der Waals surface area (Å²) in [6.45, 7) is 0. The molecule has 3 rings (SSSR count). The second-order valence-corrected chi connectivity index (χ2v) is 11.5. The lowest BCUT2D eigenvalue weighted by atomic mass is 9.82. The molecule has 10 nitrogen and oxygen atoms in total. The molecule has 14 heteroatoms. The van der Waals surface area contributed by atoms with E-state index in [9.17, 15) is 26.0 Å². The molecule has 31 heavy (non-hydrogen) atoms. The minimum Gasteiger partial charge on any atom is -0.340 e. The number of carbonyl (C=O) groups excluding carboxylic acids is 1. The molecular formula is C17H21ClFN5O5S2. The Bertz CT molecular complexity index is 1210. The van der Waals surface area contributed by atoms with Gasteiger partial charge in [0.25, 0.3) is 5.91 Å². The Morgan fingerprint density at radius 2 is 1.97 bits per heavy atom. The predicted molar refractivity (Wildman–Crippen MR) is 112 cm³/mol. The normalized spacial score (nSPS) is 19.1. The molecule has 1 saturated carbocycles. The molecule has 1 aliphatic rings. The Labute approximate surface area is 184 Å². The molecule has 0 radical (unpaired) electrons. The molecule has 170 valence electrons. The van der Waals surface area contributed by atoms with Gasteiger partial charge in [-0.25, -0.2) is 30.9 Å². The second-order valence-electron chi connectivity index (χ2n) is 7.51. The van der Waals surface area contributed by atoms with Crippen molar-refractivity contribution in [3.63, 3.8) is 0 Å². The Balaban J connectivity index is 1.62. The zero-order valence-corrected chi connectivity index (χ0v) is 19.0. The van der Waals surface area contributed by atoms with Gasteiger partial charge in [-0.15, -0.1) is 4.83 Å². The topological polar surface area (TPSA) is 139 Å². The molecule has 1 aromatic heterocycles. The molecule has 0 spiro atoms. The highest BCUT2D eigenvalue weighted by Crippen LogP contribution is 2.29. The highest BCUT2D eigenvalue weighted by atomic mass is 35.5. The van der Waals surface area contributed by atoms with E-state index in [4.69, 9.17) is 11.6 Å². The van der Waals surface area contributed by atoms with Gasteiger partial charge in [-0.05, 0) is 30.9 Å². The van der Waals surface area contributed by atoms with E-state index in [-0.39, 0.29) is 22.7 Å². The maximum Gasteiger partial charge on any atom is 0.269 e. The smallest absolute Gasteiger partial charge is 0.269 e. The average Bonchev–Trinajstić information content (AvgIpc) is 3.05. The fourth-order valence-electron chi connectivity index (χ4n) is 3.28. The van der Waals surface area contributed by atoms with Crippen LogP contribution in [0.4, 0.5) is 4.39 Å². The van der Waals surface area contributed by atoms with E-state index in [1.54, 1.807) is 17.8 Å². The minimum absolute atomic E-state index is 0.271. The van der Waals surface area contributed by atoms with Crippen LogP contribution >= 0.6 is 11.6 Å². The number of carbonyl (C=O) groups is 1. The predicted octanol–water partition coefficient (Wildman–Crippen LogP) is 0.772. The molecule has 1 amide bonds. The molecule has 0 saturated heterocycles. The molecule has 1 fully saturated rings. The van der Waals surface area contributed by atoms with Crippen LogP contribution in [0.1, 0.15) is 23.2 Å². The van der Waals surface area contributed by atoms with Crippen LogP contribution in [-0.2, 0) is 27.1 Å². The van der Waals surface area contributed by atoms with Crippen LogP contribution < -0.4 is 15.0 Å². The van der Waals surface area contributed by atoms with E-state index in [1.807, 2.05) is 10.3 Å². The SMILES string of the molecule is Cn1cnc(-c2cc(Cl)c(F)c(C(=O)NNS(=O)(=O)CC3CC(NS(C)(=O)=O)C3)c2)c1. The first-order chi connectivity index (χ1) is 14.3. The first kappa shape index (κ1) is 23.6. The molecule has 1 heterocycles.